The molecule has 0 saturated heterocycles. The van der Waals surface area contributed by atoms with Crippen molar-refractivity contribution in [2.24, 2.45) is 4.99 Å². The average Bonchev–Trinajstić information content (AvgIpc) is 3.04. The maximum Gasteiger partial charge on any atom is 0.226 e. The largest absolute Gasteiger partial charge is 0.478 e. The average molecular weight is 371 g/mol. The molecule has 142 valence electrons. The van der Waals surface area contributed by atoms with Crippen LogP contribution in [0.15, 0.2) is 41.5 Å². The first kappa shape index (κ1) is 19.0. The topological polar surface area (TPSA) is 72.8 Å². The molecule has 6 nitrogen and oxygen atoms in total. The predicted octanol–water partition coefficient (Wildman–Crippen LogP) is 2.56. The van der Waals surface area contributed by atoms with E-state index in [-0.39, 0.29) is 24.2 Å². The third kappa shape index (κ3) is 4.68. The number of fused-ring (bicyclic) bond motifs is 1. The number of ether oxygens (including phenoxy) is 2. The zero-order chi connectivity index (χ0) is 19.2. The first-order valence-corrected chi connectivity index (χ1v) is 8.80. The minimum absolute atomic E-state index is 0.138. The molecule has 2 aromatic rings. The van der Waals surface area contributed by atoms with Gasteiger partial charge in [0.25, 0.3) is 0 Å². The van der Waals surface area contributed by atoms with Gasteiger partial charge in [0.2, 0.25) is 11.8 Å². The summed E-state index contributed by atoms with van der Waals surface area (Å²) >= 11 is 0. The van der Waals surface area contributed by atoms with E-state index in [4.69, 9.17) is 9.47 Å². The number of carbonyl (C=O) groups is 1. The number of nitrogens with zero attached hydrogens (tertiary/aromatic N) is 2. The Kier molecular flexibility index (Phi) is 6.13. The molecule has 0 saturated carbocycles. The smallest absolute Gasteiger partial charge is 0.226 e. The van der Waals surface area contributed by atoms with Crippen molar-refractivity contribution in [1.29, 1.82) is 0 Å². The second-order valence-corrected chi connectivity index (χ2v) is 6.19. The van der Waals surface area contributed by atoms with Crippen LogP contribution in [0.5, 0.6) is 0 Å². The Morgan fingerprint density at radius 1 is 1.33 bits per heavy atom. The van der Waals surface area contributed by atoms with Crippen molar-refractivity contribution in [3.63, 3.8) is 0 Å². The Morgan fingerprint density at radius 3 is 2.81 bits per heavy atom. The molecular formula is C20H22FN3O3. The van der Waals surface area contributed by atoms with E-state index in [1.165, 1.54) is 12.1 Å². The minimum atomic E-state index is -0.356. The monoisotopic (exact) mass is 371 g/mol. The van der Waals surface area contributed by atoms with E-state index in [9.17, 15) is 9.18 Å². The molecule has 0 unspecified atom stereocenters. The fourth-order valence-electron chi connectivity index (χ4n) is 2.96. The van der Waals surface area contributed by atoms with Crippen molar-refractivity contribution in [3.05, 3.63) is 64.7 Å². The Bertz CT molecular complexity index is 837. The summed E-state index contributed by atoms with van der Waals surface area (Å²) in [5, 5.41) is 2.92. The number of rotatable bonds is 7. The molecule has 1 amide bonds. The molecule has 0 fully saturated rings. The molecule has 1 aromatic carbocycles. The summed E-state index contributed by atoms with van der Waals surface area (Å²) in [6, 6.07) is 7.53. The summed E-state index contributed by atoms with van der Waals surface area (Å²) < 4.78 is 23.8. The summed E-state index contributed by atoms with van der Waals surface area (Å²) in [6.07, 6.45) is 1.84. The number of hydrogen-bond donors (Lipinski definition) is 1. The fourth-order valence-corrected chi connectivity index (χ4v) is 2.96. The maximum atomic E-state index is 13.1. The van der Waals surface area contributed by atoms with E-state index in [1.54, 1.807) is 25.4 Å². The van der Waals surface area contributed by atoms with Crippen molar-refractivity contribution in [3.8, 4) is 0 Å². The highest BCUT2D eigenvalue weighted by atomic mass is 19.1. The van der Waals surface area contributed by atoms with Gasteiger partial charge in [0.1, 0.15) is 5.82 Å². The number of aliphatic imine (C=N–C) groups is 1. The standard InChI is InChI=1S/C20H22FN3O3/c1-3-27-20-17-11-22-16(8-14(17)10-23-20)9-19(25)24-18(12-26-2)13-4-6-15(21)7-5-13/h4-8,11,18H,3,9-10,12H2,1-2H3,(H,24,25)/t18-/m1/s1. The summed E-state index contributed by atoms with van der Waals surface area (Å²) in [5.74, 6) is 0.0995. The lowest BCUT2D eigenvalue weighted by atomic mass is 10.1. The molecule has 0 aliphatic carbocycles. The van der Waals surface area contributed by atoms with Crippen molar-refractivity contribution in [2.45, 2.75) is 25.9 Å². The fraction of sp³-hybridized carbons (Fsp3) is 0.350. The van der Waals surface area contributed by atoms with Crippen molar-refractivity contribution < 1.29 is 18.7 Å². The molecule has 0 radical (unpaired) electrons. The van der Waals surface area contributed by atoms with Gasteiger partial charge in [-0.3, -0.25) is 9.78 Å². The number of methoxy groups -OCH3 is 1. The van der Waals surface area contributed by atoms with Gasteiger partial charge in [-0.05, 0) is 36.2 Å². The first-order valence-electron chi connectivity index (χ1n) is 8.80. The van der Waals surface area contributed by atoms with Gasteiger partial charge >= 0.3 is 0 Å². The number of aromatic nitrogens is 1. The summed E-state index contributed by atoms with van der Waals surface area (Å²) in [6.45, 7) is 3.28. The van der Waals surface area contributed by atoms with Crippen LogP contribution in [-0.2, 0) is 27.2 Å². The highest BCUT2D eigenvalue weighted by Gasteiger charge is 2.20. The van der Waals surface area contributed by atoms with Crippen LogP contribution in [0.1, 0.15) is 35.3 Å². The summed E-state index contributed by atoms with van der Waals surface area (Å²) in [7, 11) is 1.56. The molecule has 1 aliphatic heterocycles. The Hall–Kier alpha value is -2.80. The SMILES string of the molecule is CCOC1=NCc2cc(CC(=O)N[C@H](COC)c3ccc(F)cc3)ncc21. The van der Waals surface area contributed by atoms with Gasteiger partial charge in [-0.15, -0.1) is 0 Å². The Labute approximate surface area is 157 Å². The third-order valence-electron chi connectivity index (χ3n) is 4.23. The Balaban J connectivity index is 1.65. The second-order valence-electron chi connectivity index (χ2n) is 6.19. The van der Waals surface area contributed by atoms with Crippen LogP contribution >= 0.6 is 0 Å². The van der Waals surface area contributed by atoms with Crippen LogP contribution in [0.3, 0.4) is 0 Å². The van der Waals surface area contributed by atoms with Crippen molar-refractivity contribution in [1.82, 2.24) is 10.3 Å². The molecule has 1 N–H and O–H groups in total. The van der Waals surface area contributed by atoms with Crippen LogP contribution < -0.4 is 5.32 Å². The number of pyridine rings is 1. The second kappa shape index (κ2) is 8.73. The number of hydrogen-bond acceptors (Lipinski definition) is 5. The van der Waals surface area contributed by atoms with Crippen LogP contribution in [-0.4, -0.2) is 37.1 Å². The van der Waals surface area contributed by atoms with Gasteiger partial charge in [-0.2, -0.15) is 0 Å². The van der Waals surface area contributed by atoms with E-state index in [1.807, 2.05) is 13.0 Å². The first-order chi connectivity index (χ1) is 13.1. The summed E-state index contributed by atoms with van der Waals surface area (Å²) in [5.41, 5.74) is 3.32. The number of benzene rings is 1. The Morgan fingerprint density at radius 2 is 2.11 bits per heavy atom. The number of nitrogens with one attached hydrogen (secondary N) is 1. The zero-order valence-corrected chi connectivity index (χ0v) is 15.4. The van der Waals surface area contributed by atoms with Crippen LogP contribution in [0.4, 0.5) is 4.39 Å². The van der Waals surface area contributed by atoms with E-state index in [0.29, 0.717) is 31.4 Å². The van der Waals surface area contributed by atoms with Gasteiger partial charge in [0.15, 0.2) is 0 Å². The van der Waals surface area contributed by atoms with Gasteiger partial charge in [-0.1, -0.05) is 12.1 Å². The van der Waals surface area contributed by atoms with E-state index >= 15 is 0 Å². The molecule has 1 aliphatic rings. The molecule has 27 heavy (non-hydrogen) atoms. The van der Waals surface area contributed by atoms with E-state index in [0.717, 1.165) is 16.7 Å². The van der Waals surface area contributed by atoms with E-state index < -0.39 is 0 Å². The van der Waals surface area contributed by atoms with Crippen LogP contribution in [0, 0.1) is 5.82 Å². The number of halogens is 1. The highest BCUT2D eigenvalue weighted by Crippen LogP contribution is 2.20. The lowest BCUT2D eigenvalue weighted by molar-refractivity contribution is -0.121. The third-order valence-corrected chi connectivity index (χ3v) is 4.23. The van der Waals surface area contributed by atoms with Gasteiger partial charge in [-0.25, -0.2) is 9.38 Å². The predicted molar refractivity (Wildman–Crippen MR) is 99.0 cm³/mol. The van der Waals surface area contributed by atoms with E-state index in [2.05, 4.69) is 15.3 Å². The van der Waals surface area contributed by atoms with Gasteiger partial charge in [0.05, 0.1) is 43.5 Å². The molecule has 3 rings (SSSR count). The van der Waals surface area contributed by atoms with Crippen molar-refractivity contribution in [2.75, 3.05) is 20.3 Å². The van der Waals surface area contributed by atoms with Gasteiger partial charge < -0.3 is 14.8 Å². The van der Waals surface area contributed by atoms with Crippen LogP contribution in [0.25, 0.3) is 0 Å². The number of amides is 1. The minimum Gasteiger partial charge on any atom is -0.478 e. The summed E-state index contributed by atoms with van der Waals surface area (Å²) in [4.78, 5) is 21.2. The lowest BCUT2D eigenvalue weighted by Gasteiger charge is -2.18. The zero-order valence-electron chi connectivity index (χ0n) is 15.4. The molecule has 0 bridgehead atoms. The molecule has 0 spiro atoms. The normalized spacial score (nSPS) is 13.7. The van der Waals surface area contributed by atoms with Crippen molar-refractivity contribution >= 4 is 11.8 Å². The molecule has 7 heteroatoms. The van der Waals surface area contributed by atoms with Crippen LogP contribution in [0.2, 0.25) is 0 Å². The molecule has 2 heterocycles. The molecule has 1 aromatic heterocycles. The molecule has 1 atom stereocenters. The highest BCUT2D eigenvalue weighted by molar-refractivity contribution is 5.97. The van der Waals surface area contributed by atoms with Gasteiger partial charge in [0, 0.05) is 13.3 Å². The lowest BCUT2D eigenvalue weighted by Crippen LogP contribution is -2.32. The maximum absolute atomic E-state index is 13.1. The molecular weight excluding hydrogens is 349 g/mol. The number of carbonyl (C=O) groups excluding carboxylic acids is 1. The quantitative estimate of drug-likeness (QED) is 0.812.